The first-order valence-corrected chi connectivity index (χ1v) is 7.92. The zero-order chi connectivity index (χ0) is 16.6. The number of hydrogen-bond donors (Lipinski definition) is 1. The van der Waals surface area contributed by atoms with Crippen LogP contribution < -0.4 is 5.73 Å². The van der Waals surface area contributed by atoms with Gasteiger partial charge >= 0.3 is 0 Å². The van der Waals surface area contributed by atoms with Gasteiger partial charge in [0.05, 0.1) is 17.2 Å². The van der Waals surface area contributed by atoms with Crippen LogP contribution in [0.25, 0.3) is 11.3 Å². The molecule has 2 atom stereocenters. The number of furan rings is 1. The average Bonchev–Trinajstić information content (AvgIpc) is 2.97. The normalized spacial score (nSPS) is 21.4. The van der Waals surface area contributed by atoms with E-state index >= 15 is 0 Å². The third-order valence-corrected chi connectivity index (χ3v) is 4.11. The Morgan fingerprint density at radius 3 is 2.61 bits per heavy atom. The average molecular weight is 335 g/mol. The van der Waals surface area contributed by atoms with Gasteiger partial charge in [-0.25, -0.2) is 0 Å². The summed E-state index contributed by atoms with van der Waals surface area (Å²) >= 11 is 6.18. The van der Waals surface area contributed by atoms with E-state index in [1.54, 1.807) is 35.2 Å². The molecule has 23 heavy (non-hydrogen) atoms. The predicted octanol–water partition coefficient (Wildman–Crippen LogP) is 3.43. The number of morpholine rings is 1. The molecule has 1 saturated heterocycles. The number of anilines is 1. The number of rotatable bonds is 2. The van der Waals surface area contributed by atoms with Crippen molar-refractivity contribution in [3.8, 4) is 11.3 Å². The van der Waals surface area contributed by atoms with Gasteiger partial charge in [0.1, 0.15) is 5.76 Å². The standard InChI is InChI=1S/C17H19ClN2O3/c1-10-8-20(9-11(2)22-10)17(21)16-6-5-15(23-16)13-7-12(19)3-4-14(13)18/h3-7,10-11H,8-9,19H2,1-2H3/t10-,11+. The van der Waals surface area contributed by atoms with Gasteiger partial charge in [-0.05, 0) is 44.2 Å². The third-order valence-electron chi connectivity index (χ3n) is 3.78. The van der Waals surface area contributed by atoms with Crippen molar-refractivity contribution in [3.05, 3.63) is 41.1 Å². The van der Waals surface area contributed by atoms with Gasteiger partial charge in [0.15, 0.2) is 5.76 Å². The highest BCUT2D eigenvalue weighted by Gasteiger charge is 2.28. The summed E-state index contributed by atoms with van der Waals surface area (Å²) in [6.45, 7) is 5.02. The summed E-state index contributed by atoms with van der Waals surface area (Å²) in [6, 6.07) is 8.57. The minimum absolute atomic E-state index is 0.0144. The fraction of sp³-hybridized carbons (Fsp3) is 0.353. The van der Waals surface area contributed by atoms with Crippen molar-refractivity contribution in [2.45, 2.75) is 26.1 Å². The molecule has 1 aromatic heterocycles. The molecule has 0 radical (unpaired) electrons. The van der Waals surface area contributed by atoms with Gasteiger partial charge in [-0.2, -0.15) is 0 Å². The van der Waals surface area contributed by atoms with Gasteiger partial charge in [-0.1, -0.05) is 11.6 Å². The van der Waals surface area contributed by atoms with E-state index in [-0.39, 0.29) is 18.1 Å². The summed E-state index contributed by atoms with van der Waals surface area (Å²) < 4.78 is 11.4. The number of benzene rings is 1. The molecule has 1 fully saturated rings. The maximum absolute atomic E-state index is 12.6. The number of carbonyl (C=O) groups is 1. The lowest BCUT2D eigenvalue weighted by molar-refractivity contribution is -0.0592. The monoisotopic (exact) mass is 334 g/mol. The second-order valence-corrected chi connectivity index (χ2v) is 6.28. The maximum Gasteiger partial charge on any atom is 0.289 e. The summed E-state index contributed by atoms with van der Waals surface area (Å²) in [4.78, 5) is 14.4. The SMILES string of the molecule is C[C@@H]1CN(C(=O)c2ccc(-c3cc(N)ccc3Cl)o2)C[C@H](C)O1. The predicted molar refractivity (Wildman–Crippen MR) is 89.5 cm³/mol. The van der Waals surface area contributed by atoms with Gasteiger partial charge in [-0.15, -0.1) is 0 Å². The van der Waals surface area contributed by atoms with Gasteiger partial charge in [0.2, 0.25) is 0 Å². The van der Waals surface area contributed by atoms with E-state index < -0.39 is 0 Å². The number of nitrogens with two attached hydrogens (primary N) is 1. The summed E-state index contributed by atoms with van der Waals surface area (Å²) in [5.41, 5.74) is 7.05. The Morgan fingerprint density at radius 1 is 1.22 bits per heavy atom. The van der Waals surface area contributed by atoms with Crippen LogP contribution in [0.2, 0.25) is 5.02 Å². The Morgan fingerprint density at radius 2 is 1.91 bits per heavy atom. The lowest BCUT2D eigenvalue weighted by atomic mass is 10.1. The molecule has 0 aliphatic carbocycles. The van der Waals surface area contributed by atoms with E-state index in [2.05, 4.69) is 0 Å². The molecule has 1 amide bonds. The Bertz CT molecular complexity index is 718. The first-order valence-electron chi connectivity index (χ1n) is 7.54. The molecule has 5 nitrogen and oxygen atoms in total. The molecular formula is C17H19ClN2O3. The van der Waals surface area contributed by atoms with Crippen LogP contribution in [0, 0.1) is 0 Å². The Hall–Kier alpha value is -1.98. The van der Waals surface area contributed by atoms with Gasteiger partial charge < -0.3 is 19.8 Å². The molecule has 0 saturated carbocycles. The molecule has 2 N–H and O–H groups in total. The lowest BCUT2D eigenvalue weighted by Gasteiger charge is -2.34. The van der Waals surface area contributed by atoms with Gasteiger partial charge in [-0.3, -0.25) is 4.79 Å². The van der Waals surface area contributed by atoms with E-state index in [1.807, 2.05) is 13.8 Å². The zero-order valence-corrected chi connectivity index (χ0v) is 13.8. The number of nitrogen functional groups attached to an aromatic ring is 1. The summed E-state index contributed by atoms with van der Waals surface area (Å²) in [5.74, 6) is 0.679. The van der Waals surface area contributed by atoms with E-state index in [1.165, 1.54) is 0 Å². The van der Waals surface area contributed by atoms with Crippen LogP contribution in [0.1, 0.15) is 24.4 Å². The molecule has 1 aliphatic rings. The van der Waals surface area contributed by atoms with Gasteiger partial charge in [0.25, 0.3) is 5.91 Å². The van der Waals surface area contributed by atoms with E-state index in [4.69, 9.17) is 26.5 Å². The van der Waals surface area contributed by atoms with Gasteiger partial charge in [0, 0.05) is 24.3 Å². The molecule has 3 rings (SSSR count). The van der Waals surface area contributed by atoms with Crippen molar-refractivity contribution in [1.29, 1.82) is 0 Å². The topological polar surface area (TPSA) is 68.7 Å². The maximum atomic E-state index is 12.6. The van der Waals surface area contributed by atoms with E-state index in [9.17, 15) is 4.79 Å². The number of carbonyl (C=O) groups excluding carboxylic acids is 1. The summed E-state index contributed by atoms with van der Waals surface area (Å²) in [5, 5.41) is 0.529. The second kappa shape index (κ2) is 6.26. The highest BCUT2D eigenvalue weighted by Crippen LogP contribution is 2.31. The number of hydrogen-bond acceptors (Lipinski definition) is 4. The lowest BCUT2D eigenvalue weighted by Crippen LogP contribution is -2.48. The molecular weight excluding hydrogens is 316 g/mol. The Balaban J connectivity index is 1.84. The fourth-order valence-electron chi connectivity index (χ4n) is 2.83. The summed E-state index contributed by atoms with van der Waals surface area (Å²) in [7, 11) is 0. The molecule has 1 aliphatic heterocycles. The van der Waals surface area contributed by atoms with Crippen molar-refractivity contribution in [1.82, 2.24) is 4.90 Å². The first kappa shape index (κ1) is 15.9. The van der Waals surface area contributed by atoms with Crippen molar-refractivity contribution < 1.29 is 13.9 Å². The third kappa shape index (κ3) is 3.35. The molecule has 2 heterocycles. The number of ether oxygens (including phenoxy) is 1. The van der Waals surface area contributed by atoms with Crippen LogP contribution in [0.15, 0.2) is 34.7 Å². The minimum Gasteiger partial charge on any atom is -0.451 e. The van der Waals surface area contributed by atoms with E-state index in [0.717, 1.165) is 0 Å². The molecule has 122 valence electrons. The fourth-order valence-corrected chi connectivity index (χ4v) is 3.04. The smallest absolute Gasteiger partial charge is 0.289 e. The zero-order valence-electron chi connectivity index (χ0n) is 13.1. The summed E-state index contributed by atoms with van der Waals surface area (Å²) in [6.07, 6.45) is 0.0287. The molecule has 1 aromatic carbocycles. The van der Waals surface area contributed by atoms with Crippen molar-refractivity contribution in [2.24, 2.45) is 0 Å². The molecule has 0 spiro atoms. The highest BCUT2D eigenvalue weighted by molar-refractivity contribution is 6.33. The Labute approximate surface area is 140 Å². The van der Waals surface area contributed by atoms with Crippen LogP contribution in [-0.4, -0.2) is 36.1 Å². The first-order chi connectivity index (χ1) is 10.9. The molecule has 2 aromatic rings. The van der Waals surface area contributed by atoms with Crippen LogP contribution in [0.4, 0.5) is 5.69 Å². The van der Waals surface area contributed by atoms with Crippen molar-refractivity contribution >= 4 is 23.2 Å². The largest absolute Gasteiger partial charge is 0.451 e. The minimum atomic E-state index is -0.140. The van der Waals surface area contributed by atoms with Crippen molar-refractivity contribution in [3.63, 3.8) is 0 Å². The number of halogens is 1. The second-order valence-electron chi connectivity index (χ2n) is 5.87. The number of amides is 1. The number of nitrogens with zero attached hydrogens (tertiary/aromatic N) is 1. The van der Waals surface area contributed by atoms with Crippen LogP contribution >= 0.6 is 11.6 Å². The van der Waals surface area contributed by atoms with Crippen molar-refractivity contribution in [2.75, 3.05) is 18.8 Å². The quantitative estimate of drug-likeness (QED) is 0.854. The Kier molecular flexibility index (Phi) is 4.33. The van der Waals surface area contributed by atoms with E-state index in [0.29, 0.717) is 40.9 Å². The molecule has 6 heteroatoms. The highest BCUT2D eigenvalue weighted by atomic mass is 35.5. The molecule has 0 unspecified atom stereocenters. The van der Waals surface area contributed by atoms with Crippen LogP contribution in [0.3, 0.4) is 0 Å². The van der Waals surface area contributed by atoms with Crippen LogP contribution in [0.5, 0.6) is 0 Å². The van der Waals surface area contributed by atoms with Crippen LogP contribution in [-0.2, 0) is 4.74 Å². The molecule has 0 bridgehead atoms.